The van der Waals surface area contributed by atoms with E-state index in [-0.39, 0.29) is 28.8 Å². The minimum absolute atomic E-state index is 0.0159. The Hall–Kier alpha value is -1.10. The first-order valence-corrected chi connectivity index (χ1v) is 10.5. The Balaban J connectivity index is 2.38. The minimum Gasteiger partial charge on any atom is -0.469 e. The molecule has 0 aromatic heterocycles. The highest BCUT2D eigenvalue weighted by Gasteiger charge is 2.39. The highest BCUT2D eigenvalue weighted by atomic mass is 32.1. The number of unbranched alkanes of at least 4 members (excludes halogenated alkanes) is 3. The van der Waals surface area contributed by atoms with E-state index < -0.39 is 0 Å². The molecule has 4 nitrogen and oxygen atoms in total. The van der Waals surface area contributed by atoms with Gasteiger partial charge in [-0.2, -0.15) is 12.6 Å². The van der Waals surface area contributed by atoms with Crippen molar-refractivity contribution in [1.82, 2.24) is 0 Å². The van der Waals surface area contributed by atoms with Crippen molar-refractivity contribution in [3.63, 3.8) is 0 Å². The van der Waals surface area contributed by atoms with Gasteiger partial charge in [-0.05, 0) is 38.0 Å². The topological polar surface area (TPSA) is 60.4 Å². The molecule has 0 aromatic carbocycles. The van der Waals surface area contributed by atoms with Gasteiger partial charge in [0.1, 0.15) is 11.6 Å². The van der Waals surface area contributed by atoms with E-state index in [1.54, 1.807) is 0 Å². The normalized spacial score (nSPS) is 22.9. The second-order valence-corrected chi connectivity index (χ2v) is 7.88. The van der Waals surface area contributed by atoms with E-state index in [0.717, 1.165) is 38.5 Å². The van der Waals surface area contributed by atoms with Crippen LogP contribution in [0.4, 0.5) is 0 Å². The summed E-state index contributed by atoms with van der Waals surface area (Å²) in [6, 6.07) is 0. The predicted molar refractivity (Wildman–Crippen MR) is 107 cm³/mol. The molecule has 148 valence electrons. The Morgan fingerprint density at radius 1 is 1.15 bits per heavy atom. The third-order valence-electron chi connectivity index (χ3n) is 5.19. The summed E-state index contributed by atoms with van der Waals surface area (Å²) in [6.45, 7) is 2.13. The van der Waals surface area contributed by atoms with Gasteiger partial charge in [0, 0.05) is 36.9 Å². The third kappa shape index (κ3) is 8.52. The minimum atomic E-state index is -0.189. The van der Waals surface area contributed by atoms with Gasteiger partial charge in [0.15, 0.2) is 0 Å². The Morgan fingerprint density at radius 2 is 1.92 bits per heavy atom. The molecule has 1 aliphatic carbocycles. The molecule has 1 unspecified atom stereocenters. The van der Waals surface area contributed by atoms with Crippen molar-refractivity contribution < 1.29 is 19.1 Å². The van der Waals surface area contributed by atoms with Crippen molar-refractivity contribution in [2.75, 3.05) is 7.11 Å². The first kappa shape index (κ1) is 22.9. The predicted octanol–water partition coefficient (Wildman–Crippen LogP) is 4.71. The highest BCUT2D eigenvalue weighted by molar-refractivity contribution is 7.81. The first-order chi connectivity index (χ1) is 12.5. The number of hydrogen-bond donors (Lipinski definition) is 1. The molecule has 0 amide bonds. The fraction of sp³-hybridized carbons (Fsp3) is 0.762. The van der Waals surface area contributed by atoms with E-state index in [0.29, 0.717) is 37.9 Å². The number of methoxy groups -OCH3 is 1. The summed E-state index contributed by atoms with van der Waals surface area (Å²) in [5.74, 6) is 0.576. The molecular formula is C21H34O4S. The number of ketones is 2. The van der Waals surface area contributed by atoms with Crippen molar-refractivity contribution in [1.29, 1.82) is 0 Å². The standard InChI is InChI=1S/C21H34O4S/c1-3-4-7-10-16(22)13-14-18-17(19(23)15-20(18)26)11-8-5-6-9-12-21(24)25-2/h5,8,17-18,20,26H,3-4,6-7,9-15H2,1-2H3/t17-,18-,20?/m1/s1. The quantitative estimate of drug-likeness (QED) is 0.217. The smallest absolute Gasteiger partial charge is 0.305 e. The third-order valence-corrected chi connectivity index (χ3v) is 5.75. The molecule has 0 bridgehead atoms. The van der Waals surface area contributed by atoms with Crippen LogP contribution in [0.2, 0.25) is 0 Å². The van der Waals surface area contributed by atoms with Crippen LogP contribution in [-0.2, 0) is 19.1 Å². The molecule has 1 rings (SSSR count). The molecule has 3 atom stereocenters. The molecule has 0 N–H and O–H groups in total. The van der Waals surface area contributed by atoms with Gasteiger partial charge in [-0.25, -0.2) is 0 Å². The summed E-state index contributed by atoms with van der Waals surface area (Å²) in [5, 5.41) is 0.0728. The lowest BCUT2D eigenvalue weighted by Crippen LogP contribution is -2.19. The molecule has 1 saturated carbocycles. The van der Waals surface area contributed by atoms with Crippen LogP contribution < -0.4 is 0 Å². The van der Waals surface area contributed by atoms with Gasteiger partial charge in [0.2, 0.25) is 0 Å². The number of hydrogen-bond acceptors (Lipinski definition) is 5. The number of carbonyl (C=O) groups is 3. The number of carbonyl (C=O) groups excluding carboxylic acids is 3. The Bertz CT molecular complexity index is 486. The van der Waals surface area contributed by atoms with Crippen molar-refractivity contribution in [3.05, 3.63) is 12.2 Å². The van der Waals surface area contributed by atoms with E-state index >= 15 is 0 Å². The summed E-state index contributed by atoms with van der Waals surface area (Å²) >= 11 is 4.60. The molecule has 0 aliphatic heterocycles. The molecule has 26 heavy (non-hydrogen) atoms. The highest BCUT2D eigenvalue weighted by Crippen LogP contribution is 2.38. The first-order valence-electron chi connectivity index (χ1n) is 9.93. The van der Waals surface area contributed by atoms with Crippen LogP contribution in [0.25, 0.3) is 0 Å². The molecular weight excluding hydrogens is 348 g/mol. The number of esters is 1. The number of ether oxygens (including phenoxy) is 1. The zero-order valence-corrected chi connectivity index (χ0v) is 17.1. The summed E-state index contributed by atoms with van der Waals surface area (Å²) in [7, 11) is 1.40. The molecule has 1 fully saturated rings. The number of allylic oxidation sites excluding steroid dienone is 2. The fourth-order valence-corrected chi connectivity index (χ4v) is 4.10. The van der Waals surface area contributed by atoms with Gasteiger partial charge in [0.05, 0.1) is 7.11 Å². The lowest BCUT2D eigenvalue weighted by molar-refractivity contribution is -0.140. The van der Waals surface area contributed by atoms with E-state index in [2.05, 4.69) is 24.3 Å². The lowest BCUT2D eigenvalue weighted by atomic mass is 9.87. The molecule has 0 saturated heterocycles. The van der Waals surface area contributed by atoms with Gasteiger partial charge >= 0.3 is 5.97 Å². The zero-order valence-electron chi connectivity index (χ0n) is 16.2. The van der Waals surface area contributed by atoms with Crippen LogP contribution in [0.15, 0.2) is 12.2 Å². The molecule has 5 heteroatoms. The van der Waals surface area contributed by atoms with Gasteiger partial charge < -0.3 is 4.74 Å². The van der Waals surface area contributed by atoms with Crippen molar-refractivity contribution >= 4 is 30.2 Å². The van der Waals surface area contributed by atoms with E-state index in [1.807, 2.05) is 12.2 Å². The fourth-order valence-electron chi connectivity index (χ4n) is 3.57. The number of Topliss-reactive ketones (excluding diaryl/α,β-unsaturated/α-hetero) is 2. The lowest BCUT2D eigenvalue weighted by Gasteiger charge is -2.20. The molecule has 0 aromatic rings. The van der Waals surface area contributed by atoms with Crippen molar-refractivity contribution in [3.8, 4) is 0 Å². The molecule has 0 radical (unpaired) electrons. The molecule has 0 heterocycles. The maximum absolute atomic E-state index is 12.3. The van der Waals surface area contributed by atoms with Crippen LogP contribution in [0.5, 0.6) is 0 Å². The Kier molecular flexibility index (Phi) is 11.6. The monoisotopic (exact) mass is 382 g/mol. The van der Waals surface area contributed by atoms with Crippen molar-refractivity contribution in [2.24, 2.45) is 11.8 Å². The average Bonchev–Trinajstić information content (AvgIpc) is 2.89. The summed E-state index contributed by atoms with van der Waals surface area (Å²) in [4.78, 5) is 35.3. The largest absolute Gasteiger partial charge is 0.469 e. The second kappa shape index (κ2) is 13.1. The van der Waals surface area contributed by atoms with Crippen LogP contribution in [-0.4, -0.2) is 29.9 Å². The maximum Gasteiger partial charge on any atom is 0.305 e. The number of rotatable bonds is 13. The summed E-state index contributed by atoms with van der Waals surface area (Å²) < 4.78 is 4.61. The van der Waals surface area contributed by atoms with Gasteiger partial charge in [-0.1, -0.05) is 31.9 Å². The van der Waals surface area contributed by atoms with Gasteiger partial charge in [-0.3, -0.25) is 14.4 Å². The SMILES string of the molecule is CCCCCC(=O)CC[C@H]1C(S)CC(=O)[C@@H]1CC=CCCCC(=O)OC. The zero-order chi connectivity index (χ0) is 19.4. The van der Waals surface area contributed by atoms with Crippen LogP contribution in [0, 0.1) is 11.8 Å². The Morgan fingerprint density at radius 3 is 2.62 bits per heavy atom. The van der Waals surface area contributed by atoms with Crippen LogP contribution in [0.3, 0.4) is 0 Å². The van der Waals surface area contributed by atoms with Gasteiger partial charge in [0.25, 0.3) is 0 Å². The van der Waals surface area contributed by atoms with E-state index in [4.69, 9.17) is 0 Å². The second-order valence-electron chi connectivity index (χ2n) is 7.22. The Labute approximate surface area is 163 Å². The van der Waals surface area contributed by atoms with Crippen molar-refractivity contribution in [2.45, 2.75) is 82.8 Å². The number of thiol groups is 1. The van der Waals surface area contributed by atoms with Crippen LogP contribution in [0.1, 0.15) is 77.6 Å². The average molecular weight is 383 g/mol. The van der Waals surface area contributed by atoms with E-state index in [9.17, 15) is 14.4 Å². The maximum atomic E-state index is 12.3. The molecule has 1 aliphatic rings. The van der Waals surface area contributed by atoms with E-state index in [1.165, 1.54) is 7.11 Å². The summed E-state index contributed by atoms with van der Waals surface area (Å²) in [5.41, 5.74) is 0. The van der Waals surface area contributed by atoms with Gasteiger partial charge in [-0.15, -0.1) is 0 Å². The summed E-state index contributed by atoms with van der Waals surface area (Å²) in [6.07, 6.45) is 12.5. The van der Waals surface area contributed by atoms with Crippen LogP contribution >= 0.6 is 12.6 Å². The molecule has 0 spiro atoms.